The molecule has 0 bridgehead atoms. The third kappa shape index (κ3) is 4.08. The van der Waals surface area contributed by atoms with Crippen molar-refractivity contribution in [2.45, 2.75) is 23.9 Å². The predicted molar refractivity (Wildman–Crippen MR) is 92.2 cm³/mol. The van der Waals surface area contributed by atoms with Crippen molar-refractivity contribution in [2.75, 3.05) is 5.32 Å². The SMILES string of the molecule is CC(Sc1ncc2ccccn12)C(=O)Nc1ccccc1OC(F)F. The fourth-order valence-corrected chi connectivity index (χ4v) is 3.10. The van der Waals surface area contributed by atoms with Gasteiger partial charge in [-0.2, -0.15) is 8.78 Å². The normalized spacial score (nSPS) is 12.3. The summed E-state index contributed by atoms with van der Waals surface area (Å²) in [6.45, 7) is -1.23. The maximum Gasteiger partial charge on any atom is 0.387 e. The molecule has 3 rings (SSSR count). The Morgan fingerprint density at radius 1 is 1.24 bits per heavy atom. The molecular formula is C17H15F2N3O2S. The van der Waals surface area contributed by atoms with Crippen LogP contribution in [0.4, 0.5) is 14.5 Å². The van der Waals surface area contributed by atoms with Gasteiger partial charge in [0.15, 0.2) is 5.16 Å². The molecule has 0 aliphatic carbocycles. The average molecular weight is 363 g/mol. The van der Waals surface area contributed by atoms with Crippen molar-refractivity contribution < 1.29 is 18.3 Å². The lowest BCUT2D eigenvalue weighted by Gasteiger charge is -2.14. The number of aromatic nitrogens is 2. The molecule has 2 heterocycles. The van der Waals surface area contributed by atoms with Gasteiger partial charge in [0.1, 0.15) is 5.75 Å². The molecule has 0 aliphatic heterocycles. The molecule has 5 nitrogen and oxygen atoms in total. The van der Waals surface area contributed by atoms with E-state index in [-0.39, 0.29) is 17.3 Å². The minimum atomic E-state index is -2.96. The van der Waals surface area contributed by atoms with Crippen LogP contribution in [0.2, 0.25) is 0 Å². The van der Waals surface area contributed by atoms with Gasteiger partial charge in [-0.25, -0.2) is 4.98 Å². The molecule has 0 aliphatic rings. The quantitative estimate of drug-likeness (QED) is 0.671. The lowest BCUT2D eigenvalue weighted by Crippen LogP contribution is -2.23. The van der Waals surface area contributed by atoms with Crippen LogP contribution < -0.4 is 10.1 Å². The number of anilines is 1. The summed E-state index contributed by atoms with van der Waals surface area (Å²) in [4.78, 5) is 16.7. The van der Waals surface area contributed by atoms with Gasteiger partial charge in [0.25, 0.3) is 0 Å². The maximum atomic E-state index is 12.4. The molecule has 0 saturated carbocycles. The lowest BCUT2D eigenvalue weighted by molar-refractivity contribution is -0.115. The highest BCUT2D eigenvalue weighted by atomic mass is 32.2. The van der Waals surface area contributed by atoms with Crippen LogP contribution in [-0.2, 0) is 4.79 Å². The van der Waals surface area contributed by atoms with Crippen LogP contribution in [0.1, 0.15) is 6.92 Å². The number of nitrogens with zero attached hydrogens (tertiary/aromatic N) is 2. The van der Waals surface area contributed by atoms with Gasteiger partial charge < -0.3 is 10.1 Å². The van der Waals surface area contributed by atoms with E-state index in [1.165, 1.54) is 23.9 Å². The molecule has 1 atom stereocenters. The van der Waals surface area contributed by atoms with E-state index in [0.717, 1.165) is 5.52 Å². The Morgan fingerprint density at radius 2 is 2.00 bits per heavy atom. The highest BCUT2D eigenvalue weighted by Crippen LogP contribution is 2.28. The topological polar surface area (TPSA) is 55.6 Å². The minimum Gasteiger partial charge on any atom is -0.433 e. The highest BCUT2D eigenvalue weighted by Gasteiger charge is 2.19. The second-order valence-electron chi connectivity index (χ2n) is 5.16. The highest BCUT2D eigenvalue weighted by molar-refractivity contribution is 8.00. The molecule has 1 amide bonds. The number of nitrogens with one attached hydrogen (secondary N) is 1. The number of alkyl halides is 2. The number of fused-ring (bicyclic) bond motifs is 1. The molecule has 1 unspecified atom stereocenters. The monoisotopic (exact) mass is 363 g/mol. The number of imidazole rings is 1. The van der Waals surface area contributed by atoms with E-state index < -0.39 is 11.9 Å². The second kappa shape index (κ2) is 7.52. The number of carbonyl (C=O) groups excluding carboxylic acids is 1. The average Bonchev–Trinajstić information content (AvgIpc) is 2.99. The van der Waals surface area contributed by atoms with Gasteiger partial charge in [-0.1, -0.05) is 30.0 Å². The molecule has 2 aromatic heterocycles. The third-order valence-corrected chi connectivity index (χ3v) is 4.50. The van der Waals surface area contributed by atoms with Crippen LogP contribution in [0, 0.1) is 0 Å². The lowest BCUT2D eigenvalue weighted by atomic mass is 10.3. The van der Waals surface area contributed by atoms with E-state index in [4.69, 9.17) is 0 Å². The van der Waals surface area contributed by atoms with Crippen LogP contribution in [0.3, 0.4) is 0 Å². The first kappa shape index (κ1) is 17.2. The Hall–Kier alpha value is -2.61. The molecule has 8 heteroatoms. The summed E-state index contributed by atoms with van der Waals surface area (Å²) in [6.07, 6.45) is 3.58. The summed E-state index contributed by atoms with van der Waals surface area (Å²) in [5.41, 5.74) is 1.13. The molecule has 130 valence electrons. The van der Waals surface area contributed by atoms with Crippen molar-refractivity contribution in [1.29, 1.82) is 0 Å². The van der Waals surface area contributed by atoms with E-state index in [1.54, 1.807) is 25.3 Å². The number of thioether (sulfide) groups is 1. The van der Waals surface area contributed by atoms with E-state index in [0.29, 0.717) is 5.16 Å². The summed E-state index contributed by atoms with van der Waals surface area (Å²) in [5.74, 6) is -0.405. The number of halogens is 2. The molecular weight excluding hydrogens is 348 g/mol. The standard InChI is InChI=1S/C17H15F2N3O2S/c1-11(25-17-20-10-12-6-4-5-9-22(12)17)15(23)21-13-7-2-3-8-14(13)24-16(18)19/h2-11,16H,1H3,(H,21,23). The summed E-state index contributed by atoms with van der Waals surface area (Å²) >= 11 is 1.28. The predicted octanol–water partition coefficient (Wildman–Crippen LogP) is 4.06. The van der Waals surface area contributed by atoms with Gasteiger partial charge in [0.05, 0.1) is 22.7 Å². The number of pyridine rings is 1. The van der Waals surface area contributed by atoms with Crippen LogP contribution in [0.25, 0.3) is 5.52 Å². The fourth-order valence-electron chi connectivity index (χ4n) is 2.22. The largest absolute Gasteiger partial charge is 0.433 e. The first-order chi connectivity index (χ1) is 12.0. The number of carbonyl (C=O) groups is 1. The van der Waals surface area contributed by atoms with Crippen molar-refractivity contribution in [3.8, 4) is 5.75 Å². The number of hydrogen-bond acceptors (Lipinski definition) is 4. The third-order valence-electron chi connectivity index (χ3n) is 3.42. The zero-order valence-electron chi connectivity index (χ0n) is 13.2. The Balaban J connectivity index is 1.71. The van der Waals surface area contributed by atoms with Crippen LogP contribution >= 0.6 is 11.8 Å². The van der Waals surface area contributed by atoms with E-state index in [2.05, 4.69) is 15.0 Å². The van der Waals surface area contributed by atoms with Crippen molar-refractivity contribution in [1.82, 2.24) is 9.38 Å². The zero-order valence-corrected chi connectivity index (χ0v) is 14.0. The van der Waals surface area contributed by atoms with Gasteiger partial charge >= 0.3 is 6.61 Å². The van der Waals surface area contributed by atoms with E-state index >= 15 is 0 Å². The molecule has 0 radical (unpaired) electrons. The van der Waals surface area contributed by atoms with Crippen molar-refractivity contribution in [3.05, 3.63) is 54.9 Å². The Bertz CT molecular complexity index is 885. The van der Waals surface area contributed by atoms with E-state index in [9.17, 15) is 13.6 Å². The fraction of sp³-hybridized carbons (Fsp3) is 0.176. The molecule has 0 saturated heterocycles. The van der Waals surface area contributed by atoms with Gasteiger partial charge in [-0.15, -0.1) is 0 Å². The Morgan fingerprint density at radius 3 is 2.80 bits per heavy atom. The first-order valence-corrected chi connectivity index (χ1v) is 8.36. The van der Waals surface area contributed by atoms with Gasteiger partial charge in [-0.05, 0) is 31.2 Å². The van der Waals surface area contributed by atoms with Crippen molar-refractivity contribution in [2.24, 2.45) is 0 Å². The second-order valence-corrected chi connectivity index (χ2v) is 6.47. The molecule has 1 aromatic carbocycles. The van der Waals surface area contributed by atoms with Crippen LogP contribution in [-0.4, -0.2) is 27.2 Å². The molecule has 0 spiro atoms. The number of ether oxygens (including phenoxy) is 1. The first-order valence-electron chi connectivity index (χ1n) is 7.48. The van der Waals surface area contributed by atoms with Crippen LogP contribution in [0.15, 0.2) is 60.0 Å². The number of amides is 1. The summed E-state index contributed by atoms with van der Waals surface area (Å²) in [7, 11) is 0. The Kier molecular flexibility index (Phi) is 5.18. The van der Waals surface area contributed by atoms with E-state index in [1.807, 2.05) is 28.8 Å². The van der Waals surface area contributed by atoms with Crippen LogP contribution in [0.5, 0.6) is 5.75 Å². The van der Waals surface area contributed by atoms with Crippen molar-refractivity contribution in [3.63, 3.8) is 0 Å². The molecule has 0 fully saturated rings. The van der Waals surface area contributed by atoms with Gasteiger partial charge in [0, 0.05) is 6.20 Å². The zero-order chi connectivity index (χ0) is 17.8. The number of para-hydroxylation sites is 2. The number of benzene rings is 1. The molecule has 3 aromatic rings. The Labute approximate surface area is 147 Å². The number of rotatable bonds is 6. The molecule has 25 heavy (non-hydrogen) atoms. The number of hydrogen-bond donors (Lipinski definition) is 1. The minimum absolute atomic E-state index is 0.0747. The maximum absolute atomic E-state index is 12.4. The van der Waals surface area contributed by atoms with Crippen molar-refractivity contribution >= 4 is 28.9 Å². The van der Waals surface area contributed by atoms with Gasteiger partial charge in [-0.3, -0.25) is 9.20 Å². The summed E-state index contributed by atoms with van der Waals surface area (Å²) in [5, 5.41) is 2.82. The summed E-state index contributed by atoms with van der Waals surface area (Å²) in [6, 6.07) is 11.8. The smallest absolute Gasteiger partial charge is 0.387 e. The van der Waals surface area contributed by atoms with Gasteiger partial charge in [0.2, 0.25) is 5.91 Å². The molecule has 1 N–H and O–H groups in total. The summed E-state index contributed by atoms with van der Waals surface area (Å²) < 4.78 is 31.2.